The first-order valence-corrected chi connectivity index (χ1v) is 11.8. The Bertz CT molecular complexity index is 1180. The first-order valence-electron chi connectivity index (χ1n) is 11.8. The maximum absolute atomic E-state index is 5.62. The van der Waals surface area contributed by atoms with Crippen LogP contribution in [0.25, 0.3) is 33.1 Å². The summed E-state index contributed by atoms with van der Waals surface area (Å²) in [4.78, 5) is 10.6. The molecule has 0 bridgehead atoms. The van der Waals surface area contributed by atoms with Crippen molar-refractivity contribution in [2.75, 3.05) is 32.8 Å². The Morgan fingerprint density at radius 2 is 1.69 bits per heavy atom. The van der Waals surface area contributed by atoms with Gasteiger partial charge in [-0.2, -0.15) is 0 Å². The Hall–Kier alpha value is -2.73. The van der Waals surface area contributed by atoms with Crippen LogP contribution in [0.5, 0.6) is 0 Å². The zero-order chi connectivity index (χ0) is 21.8. The average molecular weight is 429 g/mol. The van der Waals surface area contributed by atoms with Crippen molar-refractivity contribution in [3.8, 4) is 11.1 Å². The number of benzene rings is 2. The van der Waals surface area contributed by atoms with E-state index in [4.69, 9.17) is 15.5 Å². The number of ether oxygens (including phenoxy) is 1. The lowest BCUT2D eigenvalue weighted by Crippen LogP contribution is -2.35. The summed E-state index contributed by atoms with van der Waals surface area (Å²) in [5, 5.41) is 2.45. The van der Waals surface area contributed by atoms with Crippen molar-refractivity contribution >= 4 is 21.9 Å². The molecule has 0 amide bonds. The number of morpholine rings is 1. The van der Waals surface area contributed by atoms with Crippen molar-refractivity contribution in [2.24, 2.45) is 5.73 Å². The Balaban J connectivity index is 1.37. The zero-order valence-electron chi connectivity index (χ0n) is 18.6. The molecular weight excluding hydrogens is 396 g/mol. The summed E-state index contributed by atoms with van der Waals surface area (Å²) < 4.78 is 5.46. The maximum Gasteiger partial charge on any atom is 0.138 e. The molecule has 0 atom stereocenters. The van der Waals surface area contributed by atoms with Crippen LogP contribution in [0.15, 0.2) is 54.7 Å². The van der Waals surface area contributed by atoms with E-state index in [1.54, 1.807) is 0 Å². The molecule has 1 aliphatic heterocycles. The number of unbranched alkanes of at least 4 members (excludes halogenated alkanes) is 2. The molecule has 5 nitrogen and oxygen atoms in total. The van der Waals surface area contributed by atoms with Gasteiger partial charge in [0, 0.05) is 42.1 Å². The average Bonchev–Trinajstić information content (AvgIpc) is 3.20. The SMILES string of the molecule is NCCCCCc1cnc2[nH]c3ccc(-c4ccc(CN5CCOCC5)cc4)cc3c2c1. The fraction of sp³-hybridized carbons (Fsp3) is 0.370. The highest BCUT2D eigenvalue weighted by Gasteiger charge is 2.11. The summed E-state index contributed by atoms with van der Waals surface area (Å²) >= 11 is 0. The van der Waals surface area contributed by atoms with Gasteiger partial charge in [0.25, 0.3) is 0 Å². The summed E-state index contributed by atoms with van der Waals surface area (Å²) in [6, 6.07) is 18.0. The van der Waals surface area contributed by atoms with Gasteiger partial charge in [0.1, 0.15) is 5.65 Å². The van der Waals surface area contributed by atoms with Gasteiger partial charge in [-0.3, -0.25) is 4.90 Å². The largest absolute Gasteiger partial charge is 0.379 e. The van der Waals surface area contributed by atoms with Gasteiger partial charge in [0.15, 0.2) is 0 Å². The van der Waals surface area contributed by atoms with Crippen molar-refractivity contribution in [3.05, 3.63) is 65.9 Å². The summed E-state index contributed by atoms with van der Waals surface area (Å²) in [6.07, 6.45) is 6.49. The molecule has 0 radical (unpaired) electrons. The Morgan fingerprint density at radius 1 is 0.875 bits per heavy atom. The number of fused-ring (bicyclic) bond motifs is 3. The topological polar surface area (TPSA) is 67.2 Å². The molecule has 1 saturated heterocycles. The van der Waals surface area contributed by atoms with E-state index < -0.39 is 0 Å². The standard InChI is InChI=1S/C27H32N4O/c28-11-3-1-2-4-21-16-25-24-17-23(9-10-26(24)30-27(25)29-18-21)22-7-5-20(6-8-22)19-31-12-14-32-15-13-31/h5-10,16-18H,1-4,11-15,19,28H2,(H,29,30). The number of aromatic amines is 1. The van der Waals surface area contributed by atoms with E-state index in [2.05, 4.69) is 58.4 Å². The van der Waals surface area contributed by atoms with E-state index in [0.717, 1.165) is 69.8 Å². The van der Waals surface area contributed by atoms with E-state index in [0.29, 0.717) is 0 Å². The number of pyridine rings is 1. The third-order valence-corrected chi connectivity index (χ3v) is 6.47. The Kier molecular flexibility index (Phi) is 6.49. The van der Waals surface area contributed by atoms with Crippen LogP contribution in [0.2, 0.25) is 0 Å². The first-order chi connectivity index (χ1) is 15.8. The van der Waals surface area contributed by atoms with Crippen LogP contribution in [-0.2, 0) is 17.7 Å². The number of nitrogens with zero attached hydrogens (tertiary/aromatic N) is 2. The molecule has 3 N–H and O–H groups in total. The summed E-state index contributed by atoms with van der Waals surface area (Å²) in [5.74, 6) is 0. The van der Waals surface area contributed by atoms with E-state index >= 15 is 0 Å². The molecular formula is C27H32N4O. The maximum atomic E-state index is 5.62. The van der Waals surface area contributed by atoms with Crippen molar-refractivity contribution in [1.82, 2.24) is 14.9 Å². The molecule has 166 valence electrons. The predicted molar refractivity (Wildman–Crippen MR) is 132 cm³/mol. The summed E-state index contributed by atoms with van der Waals surface area (Å²) in [5.41, 5.74) is 12.9. The number of aromatic nitrogens is 2. The van der Waals surface area contributed by atoms with E-state index in [1.807, 2.05) is 6.20 Å². The molecule has 0 spiro atoms. The third-order valence-electron chi connectivity index (χ3n) is 6.47. The number of aryl methyl sites for hydroxylation is 1. The van der Waals surface area contributed by atoms with Gasteiger partial charge in [-0.05, 0) is 66.3 Å². The van der Waals surface area contributed by atoms with Crippen molar-refractivity contribution < 1.29 is 4.74 Å². The molecule has 32 heavy (non-hydrogen) atoms. The molecule has 5 rings (SSSR count). The zero-order valence-corrected chi connectivity index (χ0v) is 18.6. The Labute approximate surface area is 189 Å². The van der Waals surface area contributed by atoms with E-state index in [1.165, 1.54) is 39.4 Å². The summed E-state index contributed by atoms with van der Waals surface area (Å²) in [6.45, 7) is 5.48. The fourth-order valence-corrected chi connectivity index (χ4v) is 4.60. The molecule has 0 saturated carbocycles. The van der Waals surface area contributed by atoms with E-state index in [9.17, 15) is 0 Å². The number of H-pyrrole nitrogens is 1. The minimum absolute atomic E-state index is 0.775. The van der Waals surface area contributed by atoms with Crippen LogP contribution in [0, 0.1) is 0 Å². The molecule has 0 aliphatic carbocycles. The molecule has 5 heteroatoms. The van der Waals surface area contributed by atoms with Gasteiger partial charge in [-0.15, -0.1) is 0 Å². The quantitative estimate of drug-likeness (QED) is 0.392. The van der Waals surface area contributed by atoms with Crippen molar-refractivity contribution in [1.29, 1.82) is 0 Å². The normalized spacial score (nSPS) is 15.0. The van der Waals surface area contributed by atoms with Crippen LogP contribution >= 0.6 is 0 Å². The van der Waals surface area contributed by atoms with Gasteiger partial charge in [0.05, 0.1) is 13.2 Å². The third kappa shape index (κ3) is 4.70. The van der Waals surface area contributed by atoms with Crippen LogP contribution in [0.3, 0.4) is 0 Å². The molecule has 0 unspecified atom stereocenters. The molecule has 2 aromatic heterocycles. The lowest BCUT2D eigenvalue weighted by atomic mass is 10.0. The molecule has 3 heterocycles. The highest BCUT2D eigenvalue weighted by Crippen LogP contribution is 2.30. The number of hydrogen-bond acceptors (Lipinski definition) is 4. The van der Waals surface area contributed by atoms with Crippen LogP contribution in [0.1, 0.15) is 30.4 Å². The number of rotatable bonds is 8. The van der Waals surface area contributed by atoms with Crippen molar-refractivity contribution in [2.45, 2.75) is 32.2 Å². The van der Waals surface area contributed by atoms with Gasteiger partial charge < -0.3 is 15.5 Å². The summed E-state index contributed by atoms with van der Waals surface area (Å²) in [7, 11) is 0. The number of hydrogen-bond donors (Lipinski definition) is 2. The van der Waals surface area contributed by atoms with Gasteiger partial charge in [-0.1, -0.05) is 36.8 Å². The predicted octanol–water partition coefficient (Wildman–Crippen LogP) is 4.89. The smallest absolute Gasteiger partial charge is 0.138 e. The van der Waals surface area contributed by atoms with Gasteiger partial charge in [0.2, 0.25) is 0 Å². The highest BCUT2D eigenvalue weighted by atomic mass is 16.5. The second kappa shape index (κ2) is 9.82. The molecule has 1 aliphatic rings. The van der Waals surface area contributed by atoms with Crippen LogP contribution < -0.4 is 5.73 Å². The second-order valence-corrected chi connectivity index (χ2v) is 8.81. The van der Waals surface area contributed by atoms with Gasteiger partial charge >= 0.3 is 0 Å². The minimum atomic E-state index is 0.775. The molecule has 1 fully saturated rings. The fourth-order valence-electron chi connectivity index (χ4n) is 4.60. The lowest BCUT2D eigenvalue weighted by Gasteiger charge is -2.26. The number of nitrogens with one attached hydrogen (secondary N) is 1. The second-order valence-electron chi connectivity index (χ2n) is 8.81. The first kappa shape index (κ1) is 21.1. The Morgan fingerprint density at radius 3 is 2.50 bits per heavy atom. The minimum Gasteiger partial charge on any atom is -0.379 e. The number of nitrogens with two attached hydrogens (primary N) is 1. The van der Waals surface area contributed by atoms with E-state index in [-0.39, 0.29) is 0 Å². The molecule has 2 aromatic carbocycles. The van der Waals surface area contributed by atoms with Gasteiger partial charge in [-0.25, -0.2) is 4.98 Å². The molecule has 4 aromatic rings. The monoisotopic (exact) mass is 428 g/mol. The highest BCUT2D eigenvalue weighted by molar-refractivity contribution is 6.07. The van der Waals surface area contributed by atoms with Crippen LogP contribution in [-0.4, -0.2) is 47.7 Å². The van der Waals surface area contributed by atoms with Crippen LogP contribution in [0.4, 0.5) is 0 Å². The lowest BCUT2D eigenvalue weighted by molar-refractivity contribution is 0.0342. The van der Waals surface area contributed by atoms with Crippen molar-refractivity contribution in [3.63, 3.8) is 0 Å².